The average Bonchev–Trinajstić information content (AvgIpc) is 2.43. The third-order valence-electron chi connectivity index (χ3n) is 2.40. The third-order valence-corrected chi connectivity index (χ3v) is 2.40. The molecule has 2 N–H and O–H groups in total. The van der Waals surface area contributed by atoms with E-state index in [2.05, 4.69) is 13.8 Å². The van der Waals surface area contributed by atoms with Gasteiger partial charge in [-0.15, -0.1) is 0 Å². The van der Waals surface area contributed by atoms with E-state index in [9.17, 15) is 0 Å². The standard InChI is InChI=1S/C8H17NO/c1-6(2)7-4-8(7,9)5-10-3/h6-7H,4-5,9H2,1-3H3. The SMILES string of the molecule is COCC1(N)CC1C(C)C. The van der Waals surface area contributed by atoms with Gasteiger partial charge in [0.05, 0.1) is 6.61 Å². The van der Waals surface area contributed by atoms with E-state index in [1.165, 1.54) is 0 Å². The first-order valence-electron chi connectivity index (χ1n) is 3.88. The minimum Gasteiger partial charge on any atom is -0.383 e. The normalized spacial score (nSPS) is 38.7. The van der Waals surface area contributed by atoms with Crippen molar-refractivity contribution in [1.29, 1.82) is 0 Å². The van der Waals surface area contributed by atoms with Gasteiger partial charge in [-0.1, -0.05) is 13.8 Å². The van der Waals surface area contributed by atoms with Crippen molar-refractivity contribution in [3.8, 4) is 0 Å². The van der Waals surface area contributed by atoms with Crippen LogP contribution in [0.2, 0.25) is 0 Å². The highest BCUT2D eigenvalue weighted by Gasteiger charge is 2.52. The van der Waals surface area contributed by atoms with Gasteiger partial charge in [-0.25, -0.2) is 0 Å². The Morgan fingerprint density at radius 3 is 2.60 bits per heavy atom. The molecule has 60 valence electrons. The molecule has 0 aromatic carbocycles. The molecule has 2 unspecified atom stereocenters. The molecule has 1 fully saturated rings. The average molecular weight is 143 g/mol. The summed E-state index contributed by atoms with van der Waals surface area (Å²) in [4.78, 5) is 0. The second kappa shape index (κ2) is 2.51. The van der Waals surface area contributed by atoms with Crippen LogP contribution in [-0.4, -0.2) is 19.3 Å². The van der Waals surface area contributed by atoms with Crippen LogP contribution >= 0.6 is 0 Å². The number of hydrogen-bond donors (Lipinski definition) is 1. The number of methoxy groups -OCH3 is 1. The van der Waals surface area contributed by atoms with Gasteiger partial charge in [0.15, 0.2) is 0 Å². The van der Waals surface area contributed by atoms with Crippen LogP contribution in [0.1, 0.15) is 20.3 Å². The van der Waals surface area contributed by atoms with E-state index >= 15 is 0 Å². The molecule has 0 radical (unpaired) electrons. The Balaban J connectivity index is 2.33. The summed E-state index contributed by atoms with van der Waals surface area (Å²) in [5, 5.41) is 0. The summed E-state index contributed by atoms with van der Waals surface area (Å²) in [6, 6.07) is 0. The van der Waals surface area contributed by atoms with Crippen molar-refractivity contribution in [3.05, 3.63) is 0 Å². The Morgan fingerprint density at radius 2 is 2.30 bits per heavy atom. The topological polar surface area (TPSA) is 35.2 Å². The second-order valence-electron chi connectivity index (χ2n) is 3.72. The quantitative estimate of drug-likeness (QED) is 0.640. The summed E-state index contributed by atoms with van der Waals surface area (Å²) in [5.74, 6) is 1.40. The summed E-state index contributed by atoms with van der Waals surface area (Å²) in [7, 11) is 1.71. The van der Waals surface area contributed by atoms with Crippen LogP contribution in [0, 0.1) is 11.8 Å². The fraction of sp³-hybridized carbons (Fsp3) is 1.00. The molecule has 10 heavy (non-hydrogen) atoms. The number of ether oxygens (including phenoxy) is 1. The number of hydrogen-bond acceptors (Lipinski definition) is 2. The molecular formula is C8H17NO. The fourth-order valence-electron chi connectivity index (χ4n) is 1.68. The first-order chi connectivity index (χ1) is 4.60. The van der Waals surface area contributed by atoms with Gasteiger partial charge in [-0.05, 0) is 18.3 Å². The molecule has 0 spiro atoms. The van der Waals surface area contributed by atoms with Crippen molar-refractivity contribution in [3.63, 3.8) is 0 Å². The lowest BCUT2D eigenvalue weighted by atomic mass is 10.1. The highest BCUT2D eigenvalue weighted by molar-refractivity contribution is 5.08. The maximum Gasteiger partial charge on any atom is 0.0645 e. The summed E-state index contributed by atoms with van der Waals surface area (Å²) >= 11 is 0. The van der Waals surface area contributed by atoms with E-state index < -0.39 is 0 Å². The summed E-state index contributed by atoms with van der Waals surface area (Å²) in [6.45, 7) is 5.15. The Kier molecular flexibility index (Phi) is 2.02. The summed E-state index contributed by atoms with van der Waals surface area (Å²) < 4.78 is 5.02. The van der Waals surface area contributed by atoms with E-state index in [0.717, 1.165) is 13.0 Å². The van der Waals surface area contributed by atoms with Crippen LogP contribution in [0.3, 0.4) is 0 Å². The van der Waals surface area contributed by atoms with E-state index in [1.807, 2.05) is 0 Å². The number of nitrogens with two attached hydrogens (primary N) is 1. The van der Waals surface area contributed by atoms with Gasteiger partial charge < -0.3 is 10.5 Å². The Bertz CT molecular complexity index is 124. The van der Waals surface area contributed by atoms with Crippen molar-refractivity contribution in [2.45, 2.75) is 25.8 Å². The largest absolute Gasteiger partial charge is 0.383 e. The molecule has 0 heterocycles. The van der Waals surface area contributed by atoms with Crippen LogP contribution < -0.4 is 5.73 Å². The molecule has 2 atom stereocenters. The van der Waals surface area contributed by atoms with Crippen LogP contribution in [0.25, 0.3) is 0 Å². The lowest BCUT2D eigenvalue weighted by Gasteiger charge is -2.11. The van der Waals surface area contributed by atoms with Crippen molar-refractivity contribution < 1.29 is 4.74 Å². The predicted molar refractivity (Wildman–Crippen MR) is 41.7 cm³/mol. The van der Waals surface area contributed by atoms with E-state index in [-0.39, 0.29) is 5.54 Å². The molecule has 0 bridgehead atoms. The molecule has 0 amide bonds. The molecule has 0 aromatic rings. The molecule has 2 nitrogen and oxygen atoms in total. The van der Waals surface area contributed by atoms with Gasteiger partial charge in [0.2, 0.25) is 0 Å². The maximum atomic E-state index is 5.98. The maximum absolute atomic E-state index is 5.98. The van der Waals surface area contributed by atoms with Crippen molar-refractivity contribution in [1.82, 2.24) is 0 Å². The summed E-state index contributed by atoms with van der Waals surface area (Å²) in [6.07, 6.45) is 1.14. The van der Waals surface area contributed by atoms with Gasteiger partial charge >= 0.3 is 0 Å². The molecule has 0 saturated heterocycles. The van der Waals surface area contributed by atoms with Crippen LogP contribution in [0.4, 0.5) is 0 Å². The fourth-order valence-corrected chi connectivity index (χ4v) is 1.68. The lowest BCUT2D eigenvalue weighted by molar-refractivity contribution is 0.163. The van der Waals surface area contributed by atoms with Crippen LogP contribution in [0.15, 0.2) is 0 Å². The molecule has 1 rings (SSSR count). The first-order valence-corrected chi connectivity index (χ1v) is 3.88. The van der Waals surface area contributed by atoms with E-state index in [1.54, 1.807) is 7.11 Å². The zero-order chi connectivity index (χ0) is 7.78. The highest BCUT2D eigenvalue weighted by atomic mass is 16.5. The first kappa shape index (κ1) is 8.02. The van der Waals surface area contributed by atoms with Crippen LogP contribution in [-0.2, 0) is 4.74 Å². The van der Waals surface area contributed by atoms with Gasteiger partial charge in [0.25, 0.3) is 0 Å². The number of rotatable bonds is 3. The van der Waals surface area contributed by atoms with Gasteiger partial charge in [0, 0.05) is 12.6 Å². The molecular weight excluding hydrogens is 126 g/mol. The minimum absolute atomic E-state index is 0.0168. The van der Waals surface area contributed by atoms with Gasteiger partial charge in [0.1, 0.15) is 0 Å². The van der Waals surface area contributed by atoms with Crippen LogP contribution in [0.5, 0.6) is 0 Å². The molecule has 2 heteroatoms. The van der Waals surface area contributed by atoms with E-state index in [4.69, 9.17) is 10.5 Å². The molecule has 1 aliphatic carbocycles. The second-order valence-corrected chi connectivity index (χ2v) is 3.72. The zero-order valence-corrected chi connectivity index (χ0v) is 7.05. The van der Waals surface area contributed by atoms with Crippen molar-refractivity contribution >= 4 is 0 Å². The Morgan fingerprint density at radius 1 is 1.70 bits per heavy atom. The minimum atomic E-state index is 0.0168. The van der Waals surface area contributed by atoms with E-state index in [0.29, 0.717) is 11.8 Å². The molecule has 0 aliphatic heterocycles. The smallest absolute Gasteiger partial charge is 0.0645 e. The third kappa shape index (κ3) is 1.32. The summed E-state index contributed by atoms with van der Waals surface area (Å²) in [5.41, 5.74) is 5.99. The molecule has 1 aliphatic rings. The molecule has 0 aromatic heterocycles. The Hall–Kier alpha value is -0.0800. The zero-order valence-electron chi connectivity index (χ0n) is 7.05. The monoisotopic (exact) mass is 143 g/mol. The van der Waals surface area contributed by atoms with Gasteiger partial charge in [-0.3, -0.25) is 0 Å². The Labute approximate surface area is 62.7 Å². The van der Waals surface area contributed by atoms with Gasteiger partial charge in [-0.2, -0.15) is 0 Å². The lowest BCUT2D eigenvalue weighted by Crippen LogP contribution is -2.31. The molecule has 1 saturated carbocycles. The predicted octanol–water partition coefficient (Wildman–Crippen LogP) is 1.01. The van der Waals surface area contributed by atoms with Crippen molar-refractivity contribution in [2.75, 3.05) is 13.7 Å². The van der Waals surface area contributed by atoms with Crippen molar-refractivity contribution in [2.24, 2.45) is 17.6 Å². The highest BCUT2D eigenvalue weighted by Crippen LogP contribution is 2.46.